The molecule has 34 heavy (non-hydrogen) atoms. The number of ether oxygens (including phenoxy) is 1. The van der Waals surface area contributed by atoms with Crippen LogP contribution in [0.5, 0.6) is 5.75 Å². The van der Waals surface area contributed by atoms with Gasteiger partial charge in [-0.2, -0.15) is 0 Å². The zero-order chi connectivity index (χ0) is 24.1. The molecule has 0 saturated carbocycles. The number of amides is 1. The first-order valence-electron chi connectivity index (χ1n) is 10.4. The van der Waals surface area contributed by atoms with Crippen molar-refractivity contribution >= 4 is 46.6 Å². The number of allylic oxidation sites excluding steroid dienone is 1. The fourth-order valence-corrected chi connectivity index (χ4v) is 4.44. The molecule has 1 amide bonds. The van der Waals surface area contributed by atoms with E-state index in [1.807, 2.05) is 48.7 Å². The molecular formula is C23H21Cl2N5O3S. The van der Waals surface area contributed by atoms with Crippen molar-refractivity contribution in [2.45, 2.75) is 38.1 Å². The summed E-state index contributed by atoms with van der Waals surface area (Å²) in [5.41, 5.74) is 5.07. The van der Waals surface area contributed by atoms with E-state index >= 15 is 0 Å². The van der Waals surface area contributed by atoms with E-state index in [2.05, 4.69) is 20.8 Å². The molecule has 0 fully saturated rings. The van der Waals surface area contributed by atoms with Crippen molar-refractivity contribution in [3.63, 3.8) is 0 Å². The third-order valence-electron chi connectivity index (χ3n) is 4.81. The van der Waals surface area contributed by atoms with Crippen molar-refractivity contribution in [2.24, 2.45) is 5.16 Å². The Morgan fingerprint density at radius 1 is 1.29 bits per heavy atom. The van der Waals surface area contributed by atoms with Crippen LogP contribution >= 0.6 is 35.0 Å². The number of hydrogen-bond donors (Lipinski definition) is 1. The minimum absolute atomic E-state index is 0.0846. The summed E-state index contributed by atoms with van der Waals surface area (Å²) in [6.07, 6.45) is 2.08. The van der Waals surface area contributed by atoms with Gasteiger partial charge in [0.05, 0.1) is 5.71 Å². The smallest absolute Gasteiger partial charge is 0.235 e. The summed E-state index contributed by atoms with van der Waals surface area (Å²) >= 11 is 13.7. The number of aromatic nitrogens is 3. The first kappa shape index (κ1) is 24.1. The molecule has 1 aromatic heterocycles. The van der Waals surface area contributed by atoms with Gasteiger partial charge in [0, 0.05) is 34.5 Å². The monoisotopic (exact) mass is 517 g/mol. The van der Waals surface area contributed by atoms with E-state index in [4.69, 9.17) is 32.8 Å². The third kappa shape index (κ3) is 5.55. The molecule has 1 aliphatic rings. The predicted molar refractivity (Wildman–Crippen MR) is 133 cm³/mol. The normalized spacial score (nSPS) is 15.3. The van der Waals surface area contributed by atoms with Crippen molar-refractivity contribution in [1.82, 2.24) is 14.9 Å². The molecule has 11 heteroatoms. The van der Waals surface area contributed by atoms with Crippen molar-refractivity contribution in [2.75, 3.05) is 5.43 Å². The van der Waals surface area contributed by atoms with Gasteiger partial charge in [0.25, 0.3) is 0 Å². The van der Waals surface area contributed by atoms with E-state index in [1.165, 1.54) is 23.4 Å². The average Bonchev–Trinajstić information content (AvgIpc) is 3.44. The van der Waals surface area contributed by atoms with Gasteiger partial charge in [0.15, 0.2) is 11.9 Å². The van der Waals surface area contributed by atoms with E-state index < -0.39 is 0 Å². The molecule has 2 aromatic carbocycles. The number of hydrogen-bond acceptors (Lipinski definition) is 7. The van der Waals surface area contributed by atoms with Gasteiger partial charge in [-0.3, -0.25) is 10.2 Å². The zero-order valence-corrected chi connectivity index (χ0v) is 20.7. The van der Waals surface area contributed by atoms with Crippen LogP contribution in [0.3, 0.4) is 0 Å². The summed E-state index contributed by atoms with van der Waals surface area (Å²) in [6, 6.07) is 12.8. The lowest BCUT2D eigenvalue weighted by molar-refractivity contribution is -0.115. The van der Waals surface area contributed by atoms with E-state index in [0.29, 0.717) is 33.2 Å². The minimum atomic E-state index is -0.318. The number of oxime groups is 1. The van der Waals surface area contributed by atoms with E-state index in [0.717, 1.165) is 16.8 Å². The SMILES string of the molecule is CC=CSc1nnc(COc2ccccc2C2=NOC(c3ccc(Cl)cc3Cl)C2)n1NC(C)=O. The van der Waals surface area contributed by atoms with Crippen LogP contribution in [0.1, 0.15) is 43.3 Å². The summed E-state index contributed by atoms with van der Waals surface area (Å²) in [4.78, 5) is 17.3. The lowest BCUT2D eigenvalue weighted by Crippen LogP contribution is -2.23. The van der Waals surface area contributed by atoms with Gasteiger partial charge in [0.2, 0.25) is 11.1 Å². The topological polar surface area (TPSA) is 90.6 Å². The number of thioether (sulfide) groups is 1. The number of nitrogens with zero attached hydrogens (tertiary/aromatic N) is 4. The summed E-state index contributed by atoms with van der Waals surface area (Å²) in [6.45, 7) is 3.40. The maximum atomic E-state index is 11.7. The molecule has 4 rings (SSSR count). The Kier molecular flexibility index (Phi) is 7.77. The van der Waals surface area contributed by atoms with Gasteiger partial charge in [-0.15, -0.1) is 10.2 Å². The van der Waals surface area contributed by atoms with Gasteiger partial charge in [-0.1, -0.05) is 64.4 Å². The van der Waals surface area contributed by atoms with Crippen LogP contribution in [0.15, 0.2) is 64.3 Å². The van der Waals surface area contributed by atoms with Gasteiger partial charge >= 0.3 is 0 Å². The number of rotatable bonds is 8. The quantitative estimate of drug-likeness (QED) is 0.382. The minimum Gasteiger partial charge on any atom is -0.485 e. The van der Waals surface area contributed by atoms with E-state index in [-0.39, 0.29) is 18.6 Å². The molecular weight excluding hydrogens is 497 g/mol. The Balaban J connectivity index is 1.51. The lowest BCUT2D eigenvalue weighted by atomic mass is 9.99. The van der Waals surface area contributed by atoms with Crippen LogP contribution in [0.25, 0.3) is 0 Å². The van der Waals surface area contributed by atoms with Crippen molar-refractivity contribution in [3.05, 3.63) is 80.9 Å². The molecule has 1 aliphatic heterocycles. The highest BCUT2D eigenvalue weighted by atomic mass is 35.5. The fraction of sp³-hybridized carbons (Fsp3) is 0.217. The molecule has 1 unspecified atom stereocenters. The Morgan fingerprint density at radius 3 is 2.88 bits per heavy atom. The third-order valence-corrected chi connectivity index (χ3v) is 6.26. The van der Waals surface area contributed by atoms with Crippen molar-refractivity contribution < 1.29 is 14.4 Å². The Morgan fingerprint density at radius 2 is 2.12 bits per heavy atom. The maximum Gasteiger partial charge on any atom is 0.235 e. The van der Waals surface area contributed by atoms with E-state index in [1.54, 1.807) is 12.1 Å². The van der Waals surface area contributed by atoms with Gasteiger partial charge in [-0.05, 0) is 36.6 Å². The standard InChI is InChI=1S/C23H21Cl2N5O3S/c1-3-10-34-23-27-26-22(30(23)28-14(2)31)13-32-20-7-5-4-6-17(20)19-12-21(33-29-19)16-9-8-15(24)11-18(16)25/h3-11,21H,12-13H2,1-2H3,(H,28,31). The Labute approximate surface area is 210 Å². The highest BCUT2D eigenvalue weighted by Crippen LogP contribution is 2.36. The molecule has 1 atom stereocenters. The number of nitrogens with one attached hydrogen (secondary N) is 1. The van der Waals surface area contributed by atoms with Crippen molar-refractivity contribution in [1.29, 1.82) is 0 Å². The number of para-hydroxylation sites is 1. The molecule has 0 spiro atoms. The molecule has 176 valence electrons. The molecule has 0 bridgehead atoms. The number of carbonyl (C=O) groups is 1. The highest BCUT2D eigenvalue weighted by molar-refractivity contribution is 8.02. The lowest BCUT2D eigenvalue weighted by Gasteiger charge is -2.13. The molecule has 2 heterocycles. The molecule has 0 radical (unpaired) electrons. The van der Waals surface area contributed by atoms with Crippen LogP contribution in [-0.2, 0) is 16.2 Å². The molecule has 1 N–H and O–H groups in total. The summed E-state index contributed by atoms with van der Waals surface area (Å²) in [7, 11) is 0. The molecule has 8 nitrogen and oxygen atoms in total. The highest BCUT2D eigenvalue weighted by Gasteiger charge is 2.27. The van der Waals surface area contributed by atoms with Gasteiger partial charge in [0.1, 0.15) is 12.4 Å². The predicted octanol–water partition coefficient (Wildman–Crippen LogP) is 5.75. The molecule has 0 saturated heterocycles. The van der Waals surface area contributed by atoms with Crippen LogP contribution in [0.2, 0.25) is 10.0 Å². The number of benzene rings is 2. The van der Waals surface area contributed by atoms with Crippen LogP contribution in [0.4, 0.5) is 0 Å². The molecule has 3 aromatic rings. The van der Waals surface area contributed by atoms with Gasteiger partial charge in [-0.25, -0.2) is 4.68 Å². The van der Waals surface area contributed by atoms with Crippen LogP contribution in [-0.4, -0.2) is 26.5 Å². The Hall–Kier alpha value is -3.01. The largest absolute Gasteiger partial charge is 0.485 e. The molecule has 0 aliphatic carbocycles. The number of carbonyl (C=O) groups excluding carboxylic acids is 1. The van der Waals surface area contributed by atoms with Crippen LogP contribution in [0, 0.1) is 0 Å². The second-order valence-electron chi connectivity index (χ2n) is 7.28. The summed E-state index contributed by atoms with van der Waals surface area (Å²) < 4.78 is 7.59. The zero-order valence-electron chi connectivity index (χ0n) is 18.4. The van der Waals surface area contributed by atoms with Crippen molar-refractivity contribution in [3.8, 4) is 5.75 Å². The second kappa shape index (κ2) is 10.9. The fourth-order valence-electron chi connectivity index (χ4n) is 3.31. The second-order valence-corrected chi connectivity index (χ2v) is 8.99. The maximum absolute atomic E-state index is 11.7. The van der Waals surface area contributed by atoms with E-state index in [9.17, 15) is 4.79 Å². The number of halogens is 2. The first-order valence-corrected chi connectivity index (χ1v) is 12.0. The Bertz CT molecular complexity index is 1260. The van der Waals surface area contributed by atoms with Gasteiger partial charge < -0.3 is 9.57 Å². The average molecular weight is 518 g/mol. The first-order chi connectivity index (χ1) is 16.5. The van der Waals surface area contributed by atoms with Crippen LogP contribution < -0.4 is 10.2 Å². The summed E-state index contributed by atoms with van der Waals surface area (Å²) in [5, 5.41) is 16.1. The summed E-state index contributed by atoms with van der Waals surface area (Å²) in [5.74, 6) is 0.813.